The Bertz CT molecular complexity index is 2910. The smallest absolute Gasteiger partial charge is 0.202 e. The van der Waals surface area contributed by atoms with Gasteiger partial charge in [-0.25, -0.2) is 9.98 Å². The number of furan rings is 1. The largest absolute Gasteiger partial charge is 0.438 e. The molecule has 1 unspecified atom stereocenters. The molecule has 0 saturated heterocycles. The highest BCUT2D eigenvalue weighted by molar-refractivity contribution is 7.26. The molecular weight excluding hydrogens is 647 g/mol. The van der Waals surface area contributed by atoms with Crippen LogP contribution in [-0.4, -0.2) is 22.8 Å². The third-order valence-corrected chi connectivity index (χ3v) is 11.3. The van der Waals surface area contributed by atoms with Gasteiger partial charge in [0.25, 0.3) is 0 Å². The summed E-state index contributed by atoms with van der Waals surface area (Å²) >= 11 is 1.82. The highest BCUT2D eigenvalue weighted by Gasteiger charge is 2.30. The highest BCUT2D eigenvalue weighted by atomic mass is 32.1. The van der Waals surface area contributed by atoms with Crippen LogP contribution in [0.15, 0.2) is 160 Å². The van der Waals surface area contributed by atoms with E-state index in [1.165, 1.54) is 30.9 Å². The molecule has 0 aliphatic carbocycles. The maximum atomic E-state index is 6.79. The van der Waals surface area contributed by atoms with Crippen molar-refractivity contribution in [2.24, 2.45) is 9.98 Å². The van der Waals surface area contributed by atoms with Gasteiger partial charge in [0.05, 0.1) is 22.3 Å². The maximum Gasteiger partial charge on any atom is 0.202 e. The number of para-hydroxylation sites is 3. The lowest BCUT2D eigenvalue weighted by atomic mass is 9.98. The van der Waals surface area contributed by atoms with E-state index in [1.54, 1.807) is 0 Å². The molecule has 5 heterocycles. The summed E-state index contributed by atoms with van der Waals surface area (Å²) < 4.78 is 11.6. The van der Waals surface area contributed by atoms with E-state index in [9.17, 15) is 0 Å². The Morgan fingerprint density at radius 1 is 0.667 bits per heavy atom. The molecule has 9 aromatic rings. The molecule has 7 heteroatoms. The van der Waals surface area contributed by atoms with Gasteiger partial charge in [-0.05, 0) is 24.3 Å². The molecule has 11 rings (SSSR count). The van der Waals surface area contributed by atoms with Crippen molar-refractivity contribution < 1.29 is 4.42 Å². The Balaban J connectivity index is 1.09. The summed E-state index contributed by atoms with van der Waals surface area (Å²) in [5.41, 5.74) is 8.22. The van der Waals surface area contributed by atoms with Gasteiger partial charge in [0.1, 0.15) is 12.0 Å². The van der Waals surface area contributed by atoms with Crippen molar-refractivity contribution >= 4 is 87.4 Å². The zero-order valence-corrected chi connectivity index (χ0v) is 28.1. The van der Waals surface area contributed by atoms with E-state index in [2.05, 4.69) is 143 Å². The van der Waals surface area contributed by atoms with E-state index in [1.807, 2.05) is 29.5 Å². The minimum Gasteiger partial charge on any atom is -0.438 e. The molecule has 2 aliphatic rings. The van der Waals surface area contributed by atoms with Crippen molar-refractivity contribution in [2.45, 2.75) is 6.17 Å². The summed E-state index contributed by atoms with van der Waals surface area (Å²) in [6, 6.07) is 49.0. The molecule has 1 atom stereocenters. The van der Waals surface area contributed by atoms with Crippen LogP contribution in [0.2, 0.25) is 0 Å². The van der Waals surface area contributed by atoms with Crippen LogP contribution in [-0.2, 0) is 0 Å². The van der Waals surface area contributed by atoms with Crippen LogP contribution in [0, 0.1) is 0 Å². The highest BCUT2D eigenvalue weighted by Crippen LogP contribution is 2.44. The van der Waals surface area contributed by atoms with E-state index < -0.39 is 0 Å². The molecule has 0 radical (unpaired) electrons. The number of aliphatic imine (C=N–C) groups is 2. The Morgan fingerprint density at radius 2 is 1.35 bits per heavy atom. The van der Waals surface area contributed by atoms with Crippen molar-refractivity contribution in [3.05, 3.63) is 162 Å². The summed E-state index contributed by atoms with van der Waals surface area (Å²) in [5, 5.41) is 13.3. The number of hydrogen-bond donors (Lipinski definition) is 2. The molecular formula is C44H29N5OS. The van der Waals surface area contributed by atoms with Crippen LogP contribution in [0.3, 0.4) is 0 Å². The van der Waals surface area contributed by atoms with Gasteiger partial charge in [0.15, 0.2) is 11.4 Å². The number of aromatic nitrogens is 1. The van der Waals surface area contributed by atoms with Crippen LogP contribution in [0.4, 0.5) is 5.88 Å². The van der Waals surface area contributed by atoms with Gasteiger partial charge < -0.3 is 19.6 Å². The molecule has 2 N–H and O–H groups in total. The Morgan fingerprint density at radius 3 is 2.18 bits per heavy atom. The molecule has 3 aromatic heterocycles. The summed E-state index contributed by atoms with van der Waals surface area (Å²) in [5.74, 6) is 2.22. The number of hydrogen-bond acceptors (Lipinski definition) is 6. The third kappa shape index (κ3) is 4.28. The first-order valence-corrected chi connectivity index (χ1v) is 18.0. The molecule has 6 nitrogen and oxygen atoms in total. The van der Waals surface area contributed by atoms with Gasteiger partial charge in [-0.15, -0.1) is 11.3 Å². The molecule has 0 saturated carbocycles. The lowest BCUT2D eigenvalue weighted by Crippen LogP contribution is -2.34. The van der Waals surface area contributed by atoms with E-state index in [0.717, 1.165) is 61.7 Å². The Kier molecular flexibility index (Phi) is 6.15. The number of thiophene rings is 1. The van der Waals surface area contributed by atoms with Crippen molar-refractivity contribution in [1.82, 2.24) is 9.88 Å². The fourth-order valence-electron chi connectivity index (χ4n) is 7.86. The molecule has 51 heavy (non-hydrogen) atoms. The van der Waals surface area contributed by atoms with Gasteiger partial charge in [-0.3, -0.25) is 0 Å². The number of nitrogens with zero attached hydrogens (tertiary/aromatic N) is 3. The van der Waals surface area contributed by atoms with Crippen molar-refractivity contribution in [2.75, 3.05) is 11.9 Å². The normalized spacial score (nSPS) is 15.8. The fourth-order valence-corrected chi connectivity index (χ4v) is 9.10. The Labute approximate surface area is 296 Å². The summed E-state index contributed by atoms with van der Waals surface area (Å²) in [6.45, 7) is 0.613. The van der Waals surface area contributed by atoms with E-state index in [0.29, 0.717) is 12.4 Å². The molecule has 0 spiro atoms. The summed E-state index contributed by atoms with van der Waals surface area (Å²) in [4.78, 5) is 10.5. The average molecular weight is 676 g/mol. The van der Waals surface area contributed by atoms with Gasteiger partial charge in [-0.2, -0.15) is 0 Å². The number of fused-ring (bicyclic) bond motifs is 9. The fraction of sp³-hybridized carbons (Fsp3) is 0.0455. The maximum absolute atomic E-state index is 6.79. The molecule has 242 valence electrons. The van der Waals surface area contributed by atoms with Crippen LogP contribution < -0.4 is 10.6 Å². The van der Waals surface area contributed by atoms with Crippen LogP contribution in [0.5, 0.6) is 0 Å². The monoisotopic (exact) mass is 675 g/mol. The SMILES string of the molecule is C1=C(C2=NC(c3ccccc3)=NC(c3cccc4c3sc3ccccc34)N2)c2c(oc3c(-n4c5ccccc5c5ccccc54)cccc23)NC1. The van der Waals surface area contributed by atoms with E-state index in [-0.39, 0.29) is 6.17 Å². The zero-order chi connectivity index (χ0) is 33.5. The van der Waals surface area contributed by atoms with E-state index in [4.69, 9.17) is 14.4 Å². The number of benzene rings is 6. The lowest BCUT2D eigenvalue weighted by Gasteiger charge is -2.26. The second kappa shape index (κ2) is 11.0. The second-order valence-electron chi connectivity index (χ2n) is 13.0. The zero-order valence-electron chi connectivity index (χ0n) is 27.3. The third-order valence-electron chi connectivity index (χ3n) is 10.1. The van der Waals surface area contributed by atoms with Gasteiger partial charge in [0, 0.05) is 59.6 Å². The standard InChI is InChI=1S/C44H29N5OS/c1-2-12-26(13-3-1)41-46-42(48-43(47-41)33-19-10-17-30-29-16-6-9-23-37(29)51-40(30)33)32-24-25-45-44-38(32)31-18-11-22-36(39(31)50-44)49-34-20-7-4-14-27(34)28-15-5-8-21-35(28)49/h1-24,43,45H,25H2,(H,46,47,48). The quantitative estimate of drug-likeness (QED) is 0.195. The van der Waals surface area contributed by atoms with Crippen molar-refractivity contribution in [3.8, 4) is 5.69 Å². The van der Waals surface area contributed by atoms with Gasteiger partial charge in [0.2, 0.25) is 5.88 Å². The number of nitrogens with one attached hydrogen (secondary N) is 2. The average Bonchev–Trinajstić information content (AvgIpc) is 3.88. The predicted molar refractivity (Wildman–Crippen MR) is 213 cm³/mol. The molecule has 0 fully saturated rings. The predicted octanol–water partition coefficient (Wildman–Crippen LogP) is 10.9. The second-order valence-corrected chi connectivity index (χ2v) is 14.0. The first-order chi connectivity index (χ1) is 25.3. The summed E-state index contributed by atoms with van der Waals surface area (Å²) in [7, 11) is 0. The first-order valence-electron chi connectivity index (χ1n) is 17.2. The number of anilines is 1. The Hall–Kier alpha value is -6.44. The van der Waals surface area contributed by atoms with Gasteiger partial charge in [-0.1, -0.05) is 121 Å². The molecule has 0 amide bonds. The van der Waals surface area contributed by atoms with Gasteiger partial charge >= 0.3 is 0 Å². The molecule has 2 aliphatic heterocycles. The molecule has 6 aromatic carbocycles. The van der Waals surface area contributed by atoms with E-state index >= 15 is 0 Å². The van der Waals surface area contributed by atoms with Crippen LogP contribution in [0.1, 0.15) is 22.9 Å². The topological polar surface area (TPSA) is 66.8 Å². The molecule has 0 bridgehead atoms. The first kappa shape index (κ1) is 28.4. The number of amidine groups is 2. The minimum atomic E-state index is -0.338. The summed E-state index contributed by atoms with van der Waals surface area (Å²) in [6.07, 6.45) is 1.87. The van der Waals surface area contributed by atoms with Crippen LogP contribution in [0.25, 0.3) is 64.2 Å². The minimum absolute atomic E-state index is 0.338. The van der Waals surface area contributed by atoms with Crippen molar-refractivity contribution in [3.63, 3.8) is 0 Å². The lowest BCUT2D eigenvalue weighted by molar-refractivity contribution is 0.625. The number of rotatable bonds is 4. The van der Waals surface area contributed by atoms with Crippen LogP contribution >= 0.6 is 11.3 Å². The van der Waals surface area contributed by atoms with Crippen molar-refractivity contribution in [1.29, 1.82) is 0 Å².